The van der Waals surface area contributed by atoms with Crippen molar-refractivity contribution in [1.29, 1.82) is 0 Å². The summed E-state index contributed by atoms with van der Waals surface area (Å²) >= 11 is 16.7. The van der Waals surface area contributed by atoms with Gasteiger partial charge in [0.25, 0.3) is 0 Å². The highest BCUT2D eigenvalue weighted by molar-refractivity contribution is 9.13. The van der Waals surface area contributed by atoms with E-state index in [1.165, 1.54) is 12.1 Å². The van der Waals surface area contributed by atoms with E-state index < -0.39 is 15.2 Å². The number of hydrogen-bond acceptors (Lipinski definition) is 0. The molecule has 22 heavy (non-hydrogen) atoms. The molecular weight excluding hydrogens is 568 g/mol. The van der Waals surface area contributed by atoms with Crippen LogP contribution in [0.15, 0.2) is 0 Å². The lowest BCUT2D eigenvalue weighted by Gasteiger charge is -2.67. The minimum absolute atomic E-state index is 0.153. The van der Waals surface area contributed by atoms with Crippen molar-refractivity contribution >= 4 is 78.9 Å². The second kappa shape index (κ2) is 7.17. The summed E-state index contributed by atoms with van der Waals surface area (Å²) in [4.78, 5) is 0. The van der Waals surface area contributed by atoms with Crippen LogP contribution in [0.2, 0.25) is 12.1 Å². The summed E-state index contributed by atoms with van der Waals surface area (Å²) in [6.45, 7) is 24.2. The van der Waals surface area contributed by atoms with E-state index in [9.17, 15) is 0 Å². The SMILES string of the molecule is CC[Si](C(C)(C)Br)(C(C)(C)Br)[Si](CC)(C(C)(C)Br)C(C)(C)Br. The fourth-order valence-corrected chi connectivity index (χ4v) is 56.1. The van der Waals surface area contributed by atoms with E-state index in [2.05, 4.69) is 133 Å². The summed E-state index contributed by atoms with van der Waals surface area (Å²) in [6.07, 6.45) is 0. The van der Waals surface area contributed by atoms with Crippen molar-refractivity contribution < 1.29 is 0 Å². The van der Waals surface area contributed by atoms with Crippen LogP contribution in [0, 0.1) is 0 Å². The van der Waals surface area contributed by atoms with Gasteiger partial charge in [-0.15, -0.1) is 0 Å². The van der Waals surface area contributed by atoms with Gasteiger partial charge in [-0.1, -0.05) is 145 Å². The molecule has 0 aliphatic carbocycles. The van der Waals surface area contributed by atoms with Gasteiger partial charge in [0.05, 0.1) is 15.2 Å². The summed E-state index contributed by atoms with van der Waals surface area (Å²) in [6, 6.07) is 2.54. The smallest absolute Gasteiger partial charge is 0.0868 e. The van der Waals surface area contributed by atoms with Crippen LogP contribution in [0.25, 0.3) is 0 Å². The average molecular weight is 602 g/mol. The van der Waals surface area contributed by atoms with Crippen molar-refractivity contribution in [3.63, 3.8) is 0 Å². The number of alkyl halides is 4. The number of hydrogen-bond donors (Lipinski definition) is 0. The Balaban J connectivity index is 7.16. The van der Waals surface area contributed by atoms with E-state index in [1.54, 1.807) is 0 Å². The Morgan fingerprint density at radius 2 is 0.636 bits per heavy atom. The Bertz CT molecular complexity index is 315. The molecule has 0 fully saturated rings. The summed E-state index contributed by atoms with van der Waals surface area (Å²) in [5, 5.41) is 0. The molecule has 0 heterocycles. The molecule has 0 rings (SSSR count). The molecule has 6 heteroatoms. The molecular formula is C16H34Br4Si2. The normalized spacial score (nSPS) is 16.1. The monoisotopic (exact) mass is 598 g/mol. The Morgan fingerprint density at radius 3 is 0.682 bits per heavy atom. The highest BCUT2D eigenvalue weighted by atomic mass is 79.9. The van der Waals surface area contributed by atoms with Crippen molar-refractivity contribution in [3.8, 4) is 0 Å². The average Bonchev–Trinajstić information content (AvgIpc) is 2.17. The molecule has 0 unspecified atom stereocenters. The van der Waals surface area contributed by atoms with Crippen LogP contribution in [0.3, 0.4) is 0 Å². The zero-order valence-corrected chi connectivity index (χ0v) is 24.3. The lowest BCUT2D eigenvalue weighted by Crippen LogP contribution is -2.88. The highest BCUT2D eigenvalue weighted by Crippen LogP contribution is 2.59. The van der Waals surface area contributed by atoms with E-state index in [0.717, 1.165) is 0 Å². The molecule has 0 spiro atoms. The van der Waals surface area contributed by atoms with Crippen molar-refractivity contribution in [2.45, 2.75) is 97.1 Å². The first-order valence-electron chi connectivity index (χ1n) is 8.13. The third kappa shape index (κ3) is 3.58. The molecule has 0 aromatic heterocycles. The van der Waals surface area contributed by atoms with Crippen molar-refractivity contribution in [3.05, 3.63) is 0 Å². The standard InChI is InChI=1S/C16H34Br4Si2/c1-11-21(13(3,4)17,14(5,6)18)22(12-2,15(7,8)19)16(9,10)20/h11-12H2,1-10H3. The zero-order valence-electron chi connectivity index (χ0n) is 15.9. The molecule has 0 saturated heterocycles. The molecule has 0 bridgehead atoms. The number of halogens is 4. The van der Waals surface area contributed by atoms with Gasteiger partial charge in [-0.25, -0.2) is 0 Å². The van der Waals surface area contributed by atoms with Crippen LogP contribution in [0.1, 0.15) is 69.2 Å². The second-order valence-electron chi connectivity index (χ2n) is 8.41. The van der Waals surface area contributed by atoms with Gasteiger partial charge in [-0.05, 0) is 0 Å². The highest BCUT2D eigenvalue weighted by Gasteiger charge is 2.73. The third-order valence-corrected chi connectivity index (χ3v) is 44.1. The molecule has 0 nitrogen and oxygen atoms in total. The summed E-state index contributed by atoms with van der Waals surface area (Å²) in [7, 11) is -3.69. The topological polar surface area (TPSA) is 0 Å². The lowest BCUT2D eigenvalue weighted by molar-refractivity contribution is 0.804. The van der Waals surface area contributed by atoms with E-state index in [0.29, 0.717) is 0 Å². The molecule has 0 atom stereocenters. The van der Waals surface area contributed by atoms with Crippen LogP contribution >= 0.6 is 63.7 Å². The molecule has 134 valence electrons. The fourth-order valence-electron chi connectivity index (χ4n) is 5.73. The molecule has 0 radical (unpaired) electrons. The Hall–Kier alpha value is 2.35. The summed E-state index contributed by atoms with van der Waals surface area (Å²) in [5.41, 5.74) is 0. The molecule has 0 aromatic carbocycles. The van der Waals surface area contributed by atoms with Crippen molar-refractivity contribution in [1.82, 2.24) is 0 Å². The van der Waals surface area contributed by atoms with Crippen LogP contribution in [-0.2, 0) is 0 Å². The molecule has 0 aliphatic rings. The van der Waals surface area contributed by atoms with Gasteiger partial charge < -0.3 is 0 Å². The van der Waals surface area contributed by atoms with Crippen LogP contribution in [-0.4, -0.2) is 31.0 Å². The summed E-state index contributed by atoms with van der Waals surface area (Å²) in [5.74, 6) is 0. The predicted molar refractivity (Wildman–Crippen MR) is 124 cm³/mol. The lowest BCUT2D eigenvalue weighted by atomic mass is 10.5. The third-order valence-electron chi connectivity index (χ3n) is 5.85. The maximum Gasteiger partial charge on any atom is 0.0868 e. The second-order valence-corrected chi connectivity index (χ2v) is 34.4. The minimum Gasteiger partial charge on any atom is -0.0897 e. The Labute approximate surface area is 174 Å². The summed E-state index contributed by atoms with van der Waals surface area (Å²) < 4.78 is 0.611. The molecule has 0 aromatic rings. The first-order chi connectivity index (χ1) is 9.37. The van der Waals surface area contributed by atoms with E-state index in [1.807, 2.05) is 0 Å². The van der Waals surface area contributed by atoms with Gasteiger partial charge in [0, 0.05) is 15.8 Å². The van der Waals surface area contributed by atoms with Crippen molar-refractivity contribution in [2.75, 3.05) is 0 Å². The number of rotatable bonds is 7. The fraction of sp³-hybridized carbons (Fsp3) is 1.00. The molecule has 0 N–H and O–H groups in total. The van der Waals surface area contributed by atoms with Gasteiger partial charge in [0.1, 0.15) is 0 Å². The minimum atomic E-state index is -1.84. The predicted octanol–water partition coefficient (Wildman–Crippen LogP) is 7.85. The van der Waals surface area contributed by atoms with Gasteiger partial charge in [0.2, 0.25) is 0 Å². The van der Waals surface area contributed by atoms with Crippen LogP contribution in [0.5, 0.6) is 0 Å². The quantitative estimate of drug-likeness (QED) is 0.206. The van der Waals surface area contributed by atoms with Gasteiger partial charge in [-0.3, -0.25) is 0 Å². The van der Waals surface area contributed by atoms with Crippen LogP contribution < -0.4 is 0 Å². The van der Waals surface area contributed by atoms with Gasteiger partial charge >= 0.3 is 0 Å². The Morgan fingerprint density at radius 1 is 0.500 bits per heavy atom. The first kappa shape index (κ1) is 24.4. The maximum absolute atomic E-state index is 4.18. The maximum atomic E-state index is 4.18. The van der Waals surface area contributed by atoms with Gasteiger partial charge in [0.15, 0.2) is 0 Å². The molecule has 0 amide bonds. The largest absolute Gasteiger partial charge is 0.0897 e. The molecule has 0 saturated carbocycles. The van der Waals surface area contributed by atoms with Gasteiger partial charge in [-0.2, -0.15) is 0 Å². The first-order valence-corrected chi connectivity index (χ1v) is 16.7. The van der Waals surface area contributed by atoms with E-state index in [4.69, 9.17) is 0 Å². The van der Waals surface area contributed by atoms with E-state index in [-0.39, 0.29) is 15.8 Å². The van der Waals surface area contributed by atoms with Crippen molar-refractivity contribution in [2.24, 2.45) is 0 Å². The van der Waals surface area contributed by atoms with E-state index >= 15 is 0 Å². The molecule has 0 aliphatic heterocycles. The Kier molecular flexibility index (Phi) is 7.93. The van der Waals surface area contributed by atoms with Crippen LogP contribution in [0.4, 0.5) is 0 Å². The zero-order chi connectivity index (χ0) is 18.4.